The average Bonchev–Trinajstić information content (AvgIpc) is 2.82. The highest BCUT2D eigenvalue weighted by Crippen LogP contribution is 2.28. The number of hydrogen-bond acceptors (Lipinski definition) is 2. The van der Waals surface area contributed by atoms with E-state index < -0.39 is 0 Å². The van der Waals surface area contributed by atoms with E-state index in [9.17, 15) is 0 Å². The van der Waals surface area contributed by atoms with Crippen LogP contribution in [0.4, 0.5) is 0 Å². The summed E-state index contributed by atoms with van der Waals surface area (Å²) in [6.07, 6.45) is 4.90. The molecule has 0 fully saturated rings. The second-order valence-corrected chi connectivity index (χ2v) is 4.38. The van der Waals surface area contributed by atoms with E-state index in [1.165, 1.54) is 27.8 Å². The number of benzene rings is 1. The van der Waals surface area contributed by atoms with Crippen molar-refractivity contribution in [3.63, 3.8) is 0 Å². The SMILES string of the molecule is CNCCc1ccc(C)c(-c2cn[nH]c2)c1C. The number of likely N-dealkylation sites (N-methyl/N-ethyl adjacent to an activating group) is 1. The van der Waals surface area contributed by atoms with Gasteiger partial charge >= 0.3 is 0 Å². The van der Waals surface area contributed by atoms with Gasteiger partial charge in [0.15, 0.2) is 0 Å². The molecule has 2 N–H and O–H groups in total. The van der Waals surface area contributed by atoms with Crippen LogP contribution in [0.2, 0.25) is 0 Å². The second kappa shape index (κ2) is 5.15. The zero-order valence-electron chi connectivity index (χ0n) is 10.7. The normalized spacial score (nSPS) is 10.8. The van der Waals surface area contributed by atoms with Crippen molar-refractivity contribution >= 4 is 0 Å². The van der Waals surface area contributed by atoms with Crippen LogP contribution in [0.1, 0.15) is 16.7 Å². The molecule has 17 heavy (non-hydrogen) atoms. The number of aromatic nitrogens is 2. The lowest BCUT2D eigenvalue weighted by molar-refractivity contribution is 0.788. The number of hydrogen-bond donors (Lipinski definition) is 2. The molecule has 90 valence electrons. The van der Waals surface area contributed by atoms with Crippen molar-refractivity contribution in [2.24, 2.45) is 0 Å². The molecule has 2 aromatic rings. The van der Waals surface area contributed by atoms with Crippen LogP contribution in [-0.2, 0) is 6.42 Å². The molecule has 3 heteroatoms. The summed E-state index contributed by atoms with van der Waals surface area (Å²) in [7, 11) is 1.99. The third-order valence-corrected chi connectivity index (χ3v) is 3.22. The van der Waals surface area contributed by atoms with E-state index in [-0.39, 0.29) is 0 Å². The molecule has 3 nitrogen and oxygen atoms in total. The molecular formula is C14H19N3. The Hall–Kier alpha value is -1.61. The van der Waals surface area contributed by atoms with E-state index >= 15 is 0 Å². The number of aromatic amines is 1. The second-order valence-electron chi connectivity index (χ2n) is 4.38. The highest BCUT2D eigenvalue weighted by atomic mass is 15.1. The molecule has 2 rings (SSSR count). The van der Waals surface area contributed by atoms with Crippen LogP contribution in [0.5, 0.6) is 0 Å². The molecule has 1 aromatic heterocycles. The quantitative estimate of drug-likeness (QED) is 0.845. The molecule has 0 saturated heterocycles. The Labute approximate surface area is 102 Å². The maximum atomic E-state index is 4.04. The highest BCUT2D eigenvalue weighted by Gasteiger charge is 2.09. The molecule has 0 unspecified atom stereocenters. The maximum Gasteiger partial charge on any atom is 0.0565 e. The molecule has 0 aliphatic rings. The summed E-state index contributed by atoms with van der Waals surface area (Å²) in [6.45, 7) is 5.35. The zero-order valence-corrected chi connectivity index (χ0v) is 10.7. The molecule has 0 radical (unpaired) electrons. The minimum Gasteiger partial charge on any atom is -0.319 e. The summed E-state index contributed by atoms with van der Waals surface area (Å²) in [5.41, 5.74) is 6.55. The Bertz CT molecular complexity index is 486. The maximum absolute atomic E-state index is 4.04. The minimum atomic E-state index is 1.01. The van der Waals surface area contributed by atoms with Crippen molar-refractivity contribution in [2.45, 2.75) is 20.3 Å². The predicted octanol–water partition coefficient (Wildman–Crippen LogP) is 2.46. The third kappa shape index (κ3) is 2.39. The summed E-state index contributed by atoms with van der Waals surface area (Å²) >= 11 is 0. The van der Waals surface area contributed by atoms with Crippen molar-refractivity contribution in [3.8, 4) is 11.1 Å². The fourth-order valence-corrected chi connectivity index (χ4v) is 2.25. The van der Waals surface area contributed by atoms with Crippen LogP contribution in [-0.4, -0.2) is 23.8 Å². The van der Waals surface area contributed by atoms with Gasteiger partial charge in [0.1, 0.15) is 0 Å². The van der Waals surface area contributed by atoms with Crippen LogP contribution < -0.4 is 5.32 Å². The van der Waals surface area contributed by atoms with Crippen molar-refractivity contribution in [1.29, 1.82) is 0 Å². The van der Waals surface area contributed by atoms with Gasteiger partial charge in [-0.3, -0.25) is 5.10 Å². The first-order valence-corrected chi connectivity index (χ1v) is 5.97. The third-order valence-electron chi connectivity index (χ3n) is 3.22. The molecule has 1 aromatic carbocycles. The largest absolute Gasteiger partial charge is 0.319 e. The van der Waals surface area contributed by atoms with E-state index in [0.717, 1.165) is 13.0 Å². The first-order valence-electron chi connectivity index (χ1n) is 5.97. The summed E-state index contributed by atoms with van der Waals surface area (Å²) in [4.78, 5) is 0. The van der Waals surface area contributed by atoms with E-state index in [1.54, 1.807) is 0 Å². The Balaban J connectivity index is 2.44. The first kappa shape index (κ1) is 11.9. The van der Waals surface area contributed by atoms with Crippen LogP contribution in [0.25, 0.3) is 11.1 Å². The molecule has 0 spiro atoms. The minimum absolute atomic E-state index is 1.01. The van der Waals surface area contributed by atoms with Gasteiger partial charge in [-0.2, -0.15) is 5.10 Å². The number of aryl methyl sites for hydroxylation is 1. The molecule has 0 saturated carbocycles. The van der Waals surface area contributed by atoms with Gasteiger partial charge in [0.25, 0.3) is 0 Å². The van der Waals surface area contributed by atoms with E-state index in [0.29, 0.717) is 0 Å². The van der Waals surface area contributed by atoms with Gasteiger partial charge < -0.3 is 5.32 Å². The van der Waals surface area contributed by atoms with Gasteiger partial charge in [0.2, 0.25) is 0 Å². The van der Waals surface area contributed by atoms with Gasteiger partial charge in [-0.15, -0.1) is 0 Å². The van der Waals surface area contributed by atoms with Gasteiger partial charge in [0.05, 0.1) is 6.20 Å². The Morgan fingerprint density at radius 3 is 2.76 bits per heavy atom. The van der Waals surface area contributed by atoms with E-state index in [2.05, 4.69) is 41.5 Å². The summed E-state index contributed by atoms with van der Waals surface area (Å²) in [5.74, 6) is 0. The number of nitrogens with zero attached hydrogens (tertiary/aromatic N) is 1. The Morgan fingerprint density at radius 2 is 2.12 bits per heavy atom. The molecule has 0 aliphatic carbocycles. The molecule has 0 amide bonds. The molecule has 1 heterocycles. The molecule has 0 aliphatic heterocycles. The predicted molar refractivity (Wildman–Crippen MR) is 71.1 cm³/mol. The van der Waals surface area contributed by atoms with Crippen molar-refractivity contribution in [2.75, 3.05) is 13.6 Å². The fourth-order valence-electron chi connectivity index (χ4n) is 2.25. The van der Waals surface area contributed by atoms with Crippen molar-refractivity contribution in [3.05, 3.63) is 41.2 Å². The number of H-pyrrole nitrogens is 1. The lowest BCUT2D eigenvalue weighted by Gasteiger charge is -2.13. The Morgan fingerprint density at radius 1 is 1.29 bits per heavy atom. The van der Waals surface area contributed by atoms with Gasteiger partial charge in [0, 0.05) is 11.8 Å². The smallest absolute Gasteiger partial charge is 0.0565 e. The number of nitrogens with one attached hydrogen (secondary N) is 2. The zero-order chi connectivity index (χ0) is 12.3. The Kier molecular flexibility index (Phi) is 3.59. The fraction of sp³-hybridized carbons (Fsp3) is 0.357. The standard InChI is InChI=1S/C14H19N3/c1-10-4-5-12(6-7-15-3)11(2)14(10)13-8-16-17-9-13/h4-5,8-9,15H,6-7H2,1-3H3,(H,16,17). The van der Waals surface area contributed by atoms with Crippen molar-refractivity contribution < 1.29 is 0 Å². The number of rotatable bonds is 4. The highest BCUT2D eigenvalue weighted by molar-refractivity contribution is 5.70. The topological polar surface area (TPSA) is 40.7 Å². The first-order chi connectivity index (χ1) is 8.24. The van der Waals surface area contributed by atoms with E-state index in [1.807, 2.05) is 19.4 Å². The lowest BCUT2D eigenvalue weighted by Crippen LogP contribution is -2.11. The van der Waals surface area contributed by atoms with Gasteiger partial charge in [-0.25, -0.2) is 0 Å². The molecule has 0 bridgehead atoms. The average molecular weight is 229 g/mol. The van der Waals surface area contributed by atoms with Crippen LogP contribution in [0, 0.1) is 13.8 Å². The molecule has 0 atom stereocenters. The van der Waals surface area contributed by atoms with Crippen molar-refractivity contribution in [1.82, 2.24) is 15.5 Å². The molecular weight excluding hydrogens is 210 g/mol. The van der Waals surface area contributed by atoms with Crippen LogP contribution in [0.3, 0.4) is 0 Å². The monoisotopic (exact) mass is 229 g/mol. The lowest BCUT2D eigenvalue weighted by atomic mass is 9.93. The van der Waals surface area contributed by atoms with Gasteiger partial charge in [-0.05, 0) is 56.1 Å². The summed E-state index contributed by atoms with van der Waals surface area (Å²) in [5, 5.41) is 10.1. The van der Waals surface area contributed by atoms with Crippen LogP contribution >= 0.6 is 0 Å². The van der Waals surface area contributed by atoms with Gasteiger partial charge in [-0.1, -0.05) is 12.1 Å². The van der Waals surface area contributed by atoms with E-state index in [4.69, 9.17) is 0 Å². The summed E-state index contributed by atoms with van der Waals surface area (Å²) in [6, 6.07) is 4.42. The van der Waals surface area contributed by atoms with Crippen LogP contribution in [0.15, 0.2) is 24.5 Å². The summed E-state index contributed by atoms with van der Waals surface area (Å²) < 4.78 is 0.